The summed E-state index contributed by atoms with van der Waals surface area (Å²) in [6, 6.07) is 5.69. The second kappa shape index (κ2) is 6.14. The van der Waals surface area contributed by atoms with Crippen molar-refractivity contribution >= 4 is 5.91 Å². The molecule has 1 aromatic carbocycles. The molecule has 2 aromatic rings. The highest BCUT2D eigenvalue weighted by molar-refractivity contribution is 5.94. The first-order valence-electron chi connectivity index (χ1n) is 5.85. The summed E-state index contributed by atoms with van der Waals surface area (Å²) in [6.07, 6.45) is 3.25. The summed E-state index contributed by atoms with van der Waals surface area (Å²) in [7, 11) is 1.60. The number of alkyl halides is 2. The Morgan fingerprint density at radius 2 is 2.30 bits per heavy atom. The number of benzene rings is 1. The fourth-order valence-electron chi connectivity index (χ4n) is 1.71. The highest BCUT2D eigenvalue weighted by atomic mass is 19.3. The van der Waals surface area contributed by atoms with Crippen molar-refractivity contribution in [1.82, 2.24) is 14.9 Å². The molecule has 0 unspecified atom stereocenters. The van der Waals surface area contributed by atoms with Crippen molar-refractivity contribution in [2.75, 3.05) is 7.05 Å². The third kappa shape index (κ3) is 3.53. The number of rotatable bonds is 5. The van der Waals surface area contributed by atoms with Crippen molar-refractivity contribution in [2.24, 2.45) is 0 Å². The van der Waals surface area contributed by atoms with E-state index >= 15 is 0 Å². The number of ether oxygens (including phenoxy) is 1. The van der Waals surface area contributed by atoms with Crippen LogP contribution in [-0.2, 0) is 6.54 Å². The molecule has 1 aromatic heterocycles. The fourth-order valence-corrected chi connectivity index (χ4v) is 1.71. The van der Waals surface area contributed by atoms with Crippen molar-refractivity contribution in [2.45, 2.75) is 13.2 Å². The monoisotopic (exact) mass is 281 g/mol. The Bertz CT molecular complexity index is 573. The molecule has 106 valence electrons. The van der Waals surface area contributed by atoms with Gasteiger partial charge < -0.3 is 14.6 Å². The van der Waals surface area contributed by atoms with E-state index in [4.69, 9.17) is 0 Å². The van der Waals surface area contributed by atoms with E-state index in [9.17, 15) is 13.6 Å². The lowest BCUT2D eigenvalue weighted by molar-refractivity contribution is -0.0499. The molecule has 1 N–H and O–H groups in total. The highest BCUT2D eigenvalue weighted by Gasteiger charge is 2.14. The zero-order chi connectivity index (χ0) is 14.5. The lowest BCUT2D eigenvalue weighted by Gasteiger charge is -2.16. The van der Waals surface area contributed by atoms with Gasteiger partial charge in [0.15, 0.2) is 0 Å². The van der Waals surface area contributed by atoms with Gasteiger partial charge in [0.25, 0.3) is 5.91 Å². The van der Waals surface area contributed by atoms with Gasteiger partial charge in [0.05, 0.1) is 6.54 Å². The van der Waals surface area contributed by atoms with Crippen LogP contribution in [0.15, 0.2) is 36.7 Å². The van der Waals surface area contributed by atoms with Gasteiger partial charge in [-0.1, -0.05) is 6.07 Å². The van der Waals surface area contributed by atoms with Gasteiger partial charge in [-0.15, -0.1) is 0 Å². The summed E-state index contributed by atoms with van der Waals surface area (Å²) in [5.41, 5.74) is 0.275. The molecule has 7 heteroatoms. The van der Waals surface area contributed by atoms with Crippen LogP contribution >= 0.6 is 0 Å². The standard InChI is InChI=1S/C13H13F2N3O2/c1-18(8-11-16-5-6-17-11)12(19)9-3-2-4-10(7-9)20-13(14)15/h2-7,13H,8H2,1H3,(H,16,17). The molecule has 0 spiro atoms. The van der Waals surface area contributed by atoms with E-state index in [-0.39, 0.29) is 17.2 Å². The van der Waals surface area contributed by atoms with E-state index in [1.807, 2.05) is 0 Å². The zero-order valence-corrected chi connectivity index (χ0v) is 10.7. The van der Waals surface area contributed by atoms with Gasteiger partial charge in [-0.25, -0.2) is 4.98 Å². The second-order valence-electron chi connectivity index (χ2n) is 4.10. The number of nitrogens with zero attached hydrogens (tertiary/aromatic N) is 2. The summed E-state index contributed by atoms with van der Waals surface area (Å²) in [4.78, 5) is 20.5. The summed E-state index contributed by atoms with van der Waals surface area (Å²) in [5, 5.41) is 0. The molecule has 1 amide bonds. The largest absolute Gasteiger partial charge is 0.435 e. The average molecular weight is 281 g/mol. The molecular formula is C13H13F2N3O2. The van der Waals surface area contributed by atoms with Crippen LogP contribution in [0.4, 0.5) is 8.78 Å². The molecule has 0 aliphatic rings. The Morgan fingerprint density at radius 1 is 1.50 bits per heavy atom. The van der Waals surface area contributed by atoms with E-state index in [0.29, 0.717) is 12.4 Å². The molecule has 0 atom stereocenters. The Morgan fingerprint density at radius 3 is 2.95 bits per heavy atom. The molecular weight excluding hydrogens is 268 g/mol. The van der Waals surface area contributed by atoms with Gasteiger partial charge in [-0.3, -0.25) is 4.79 Å². The maximum Gasteiger partial charge on any atom is 0.387 e. The minimum Gasteiger partial charge on any atom is -0.435 e. The molecule has 0 aliphatic heterocycles. The number of carbonyl (C=O) groups excluding carboxylic acids is 1. The van der Waals surface area contributed by atoms with Crippen LogP contribution in [-0.4, -0.2) is 34.4 Å². The molecule has 0 saturated heterocycles. The SMILES string of the molecule is CN(Cc1ncc[nH]1)C(=O)c1cccc(OC(F)F)c1. The first kappa shape index (κ1) is 14.0. The summed E-state index contributed by atoms with van der Waals surface area (Å²) < 4.78 is 28.5. The molecule has 0 fully saturated rings. The predicted molar refractivity (Wildman–Crippen MR) is 67.5 cm³/mol. The Kier molecular flexibility index (Phi) is 4.29. The molecule has 0 bridgehead atoms. The smallest absolute Gasteiger partial charge is 0.387 e. The van der Waals surface area contributed by atoms with E-state index in [2.05, 4.69) is 14.7 Å². The quantitative estimate of drug-likeness (QED) is 0.914. The first-order chi connectivity index (χ1) is 9.56. The van der Waals surface area contributed by atoms with E-state index in [1.165, 1.54) is 23.1 Å². The topological polar surface area (TPSA) is 58.2 Å². The van der Waals surface area contributed by atoms with Gasteiger partial charge in [-0.05, 0) is 18.2 Å². The average Bonchev–Trinajstić information content (AvgIpc) is 2.90. The number of aromatic amines is 1. The van der Waals surface area contributed by atoms with E-state index in [1.54, 1.807) is 25.5 Å². The van der Waals surface area contributed by atoms with Gasteiger partial charge in [0, 0.05) is 25.0 Å². The molecule has 0 aliphatic carbocycles. The summed E-state index contributed by atoms with van der Waals surface area (Å²) in [6.45, 7) is -2.62. The number of nitrogens with one attached hydrogen (secondary N) is 1. The molecule has 0 saturated carbocycles. The van der Waals surface area contributed by atoms with Gasteiger partial charge in [-0.2, -0.15) is 8.78 Å². The maximum absolute atomic E-state index is 12.2. The third-order valence-electron chi connectivity index (χ3n) is 2.59. The van der Waals surface area contributed by atoms with Crippen molar-refractivity contribution in [1.29, 1.82) is 0 Å². The third-order valence-corrected chi connectivity index (χ3v) is 2.59. The lowest BCUT2D eigenvalue weighted by atomic mass is 10.2. The number of hydrogen-bond acceptors (Lipinski definition) is 3. The van der Waals surface area contributed by atoms with Gasteiger partial charge in [0.2, 0.25) is 0 Å². The number of carbonyl (C=O) groups is 1. The zero-order valence-electron chi connectivity index (χ0n) is 10.7. The first-order valence-corrected chi connectivity index (χ1v) is 5.85. The predicted octanol–water partition coefficient (Wildman–Crippen LogP) is 2.28. The summed E-state index contributed by atoms with van der Waals surface area (Å²) in [5.74, 6) is 0.291. The maximum atomic E-state index is 12.2. The number of imidazole rings is 1. The highest BCUT2D eigenvalue weighted by Crippen LogP contribution is 2.17. The van der Waals surface area contributed by atoms with Crippen LogP contribution in [0.25, 0.3) is 0 Å². The van der Waals surface area contributed by atoms with Crippen molar-refractivity contribution in [3.8, 4) is 5.75 Å². The van der Waals surface area contributed by atoms with Crippen molar-refractivity contribution in [3.63, 3.8) is 0 Å². The minimum atomic E-state index is -2.92. The number of halogens is 2. The van der Waals surface area contributed by atoms with Gasteiger partial charge in [0.1, 0.15) is 11.6 Å². The van der Waals surface area contributed by atoms with E-state index in [0.717, 1.165) is 0 Å². The Hall–Kier alpha value is -2.44. The molecule has 20 heavy (non-hydrogen) atoms. The van der Waals surface area contributed by atoms with E-state index < -0.39 is 6.61 Å². The number of aromatic nitrogens is 2. The number of amides is 1. The Balaban J connectivity index is 2.08. The lowest BCUT2D eigenvalue weighted by Crippen LogP contribution is -2.26. The van der Waals surface area contributed by atoms with Crippen LogP contribution < -0.4 is 4.74 Å². The Labute approximate surface area is 114 Å². The van der Waals surface area contributed by atoms with Crippen LogP contribution in [0.5, 0.6) is 5.75 Å². The number of H-pyrrole nitrogens is 1. The minimum absolute atomic E-state index is 0.0442. The van der Waals surface area contributed by atoms with Crippen LogP contribution in [0.2, 0.25) is 0 Å². The van der Waals surface area contributed by atoms with Crippen LogP contribution in [0.3, 0.4) is 0 Å². The second-order valence-corrected chi connectivity index (χ2v) is 4.10. The van der Waals surface area contributed by atoms with Crippen molar-refractivity contribution < 1.29 is 18.3 Å². The normalized spacial score (nSPS) is 10.6. The molecule has 1 heterocycles. The molecule has 5 nitrogen and oxygen atoms in total. The fraction of sp³-hybridized carbons (Fsp3) is 0.231. The number of hydrogen-bond donors (Lipinski definition) is 1. The molecule has 2 rings (SSSR count). The van der Waals surface area contributed by atoms with Gasteiger partial charge >= 0.3 is 6.61 Å². The van der Waals surface area contributed by atoms with Crippen LogP contribution in [0.1, 0.15) is 16.2 Å². The van der Waals surface area contributed by atoms with Crippen LogP contribution in [0, 0.1) is 0 Å². The van der Waals surface area contributed by atoms with Crippen molar-refractivity contribution in [3.05, 3.63) is 48.0 Å². The molecule has 0 radical (unpaired) electrons. The summed E-state index contributed by atoms with van der Waals surface area (Å²) >= 11 is 0.